The van der Waals surface area contributed by atoms with Crippen LogP contribution in [-0.4, -0.2) is 18.5 Å². The van der Waals surface area contributed by atoms with Crippen LogP contribution in [-0.2, 0) is 14.3 Å². The molecular weight excluding hydrogens is 321 g/mol. The molecule has 0 aliphatic carbocycles. The van der Waals surface area contributed by atoms with Crippen LogP contribution in [0.3, 0.4) is 0 Å². The molecule has 0 aliphatic heterocycles. The molecule has 0 fully saturated rings. The smallest absolute Gasteiger partial charge is 0.314 e. The Bertz CT molecular complexity index is 718. The van der Waals surface area contributed by atoms with Crippen molar-refractivity contribution < 1.29 is 18.7 Å². The Morgan fingerprint density at radius 1 is 1.08 bits per heavy atom. The molecule has 5 heteroatoms. The van der Waals surface area contributed by atoms with Crippen molar-refractivity contribution in [1.29, 1.82) is 0 Å². The molecular formula is C20H22FNO3. The van der Waals surface area contributed by atoms with Crippen LogP contribution in [0.2, 0.25) is 0 Å². The minimum absolute atomic E-state index is 0.0603. The molecule has 0 heterocycles. The molecule has 0 aromatic heterocycles. The zero-order valence-corrected chi connectivity index (χ0v) is 14.4. The maximum absolute atomic E-state index is 13.5. The number of rotatable bonds is 7. The molecule has 25 heavy (non-hydrogen) atoms. The third kappa shape index (κ3) is 5.14. The monoisotopic (exact) mass is 343 g/mol. The summed E-state index contributed by atoms with van der Waals surface area (Å²) in [5.74, 6) is -1.93. The topological polar surface area (TPSA) is 55.4 Å². The van der Waals surface area contributed by atoms with Gasteiger partial charge in [0.25, 0.3) is 5.91 Å². The molecule has 2 atom stereocenters. The van der Waals surface area contributed by atoms with E-state index in [0.717, 1.165) is 12.0 Å². The van der Waals surface area contributed by atoms with Gasteiger partial charge in [-0.25, -0.2) is 4.39 Å². The van der Waals surface area contributed by atoms with Gasteiger partial charge in [0, 0.05) is 0 Å². The fraction of sp³-hybridized carbons (Fsp3) is 0.300. The number of para-hydroxylation sites is 1. The molecule has 132 valence electrons. The molecule has 2 aromatic rings. The van der Waals surface area contributed by atoms with E-state index in [1.54, 1.807) is 6.07 Å². The highest BCUT2D eigenvalue weighted by atomic mass is 19.1. The van der Waals surface area contributed by atoms with Crippen LogP contribution in [0.1, 0.15) is 31.7 Å². The molecule has 0 bridgehead atoms. The number of anilines is 1. The molecule has 2 rings (SSSR count). The maximum Gasteiger partial charge on any atom is 0.314 e. The average molecular weight is 343 g/mol. The molecule has 0 radical (unpaired) electrons. The highest BCUT2D eigenvalue weighted by molar-refractivity contribution is 5.93. The van der Waals surface area contributed by atoms with E-state index >= 15 is 0 Å². The van der Waals surface area contributed by atoms with E-state index in [1.807, 2.05) is 44.2 Å². The second-order valence-corrected chi connectivity index (χ2v) is 5.91. The first-order valence-corrected chi connectivity index (χ1v) is 8.29. The predicted octanol–water partition coefficient (Wildman–Crippen LogP) is 4.14. The van der Waals surface area contributed by atoms with E-state index in [9.17, 15) is 14.0 Å². The van der Waals surface area contributed by atoms with E-state index in [0.29, 0.717) is 0 Å². The standard InChI is InChI=1S/C20H22FNO3/c1-3-14(2)19(15-9-5-4-6-10-15)20(24)25-13-18(23)22-17-12-8-7-11-16(17)21/h4-12,14,19H,3,13H2,1-2H3,(H,22,23)/t14-,19-/m0/s1. The zero-order chi connectivity index (χ0) is 18.2. The number of carbonyl (C=O) groups excluding carboxylic acids is 2. The number of amides is 1. The first-order valence-electron chi connectivity index (χ1n) is 8.29. The summed E-state index contributed by atoms with van der Waals surface area (Å²) >= 11 is 0. The highest BCUT2D eigenvalue weighted by Gasteiger charge is 2.27. The fourth-order valence-electron chi connectivity index (χ4n) is 2.57. The number of carbonyl (C=O) groups is 2. The van der Waals surface area contributed by atoms with Crippen LogP contribution in [0.5, 0.6) is 0 Å². The van der Waals surface area contributed by atoms with Crippen molar-refractivity contribution in [2.75, 3.05) is 11.9 Å². The molecule has 0 saturated heterocycles. The van der Waals surface area contributed by atoms with Gasteiger partial charge in [-0.2, -0.15) is 0 Å². The summed E-state index contributed by atoms with van der Waals surface area (Å²) in [4.78, 5) is 24.4. The lowest BCUT2D eigenvalue weighted by Gasteiger charge is -2.21. The van der Waals surface area contributed by atoms with E-state index in [4.69, 9.17) is 4.74 Å². The lowest BCUT2D eigenvalue weighted by Crippen LogP contribution is -2.27. The third-order valence-corrected chi connectivity index (χ3v) is 4.12. The van der Waals surface area contributed by atoms with Gasteiger partial charge in [-0.15, -0.1) is 0 Å². The Labute approximate surface area is 147 Å². The van der Waals surface area contributed by atoms with Crippen LogP contribution in [0.25, 0.3) is 0 Å². The lowest BCUT2D eigenvalue weighted by atomic mass is 9.86. The molecule has 0 saturated carbocycles. The van der Waals surface area contributed by atoms with Gasteiger partial charge in [-0.05, 0) is 23.6 Å². The lowest BCUT2D eigenvalue weighted by molar-refractivity contribution is -0.150. The minimum atomic E-state index is -0.575. The largest absolute Gasteiger partial charge is 0.455 e. The Morgan fingerprint density at radius 3 is 2.36 bits per heavy atom. The van der Waals surface area contributed by atoms with Crippen molar-refractivity contribution in [3.8, 4) is 0 Å². The summed E-state index contributed by atoms with van der Waals surface area (Å²) in [5.41, 5.74) is 0.918. The number of hydrogen-bond donors (Lipinski definition) is 1. The third-order valence-electron chi connectivity index (χ3n) is 4.12. The van der Waals surface area contributed by atoms with E-state index < -0.39 is 30.2 Å². The Morgan fingerprint density at radius 2 is 1.72 bits per heavy atom. The van der Waals surface area contributed by atoms with Gasteiger partial charge in [-0.3, -0.25) is 9.59 Å². The van der Waals surface area contributed by atoms with Gasteiger partial charge < -0.3 is 10.1 Å². The minimum Gasteiger partial charge on any atom is -0.455 e. The predicted molar refractivity (Wildman–Crippen MR) is 94.6 cm³/mol. The summed E-state index contributed by atoms with van der Waals surface area (Å²) < 4.78 is 18.7. The van der Waals surface area contributed by atoms with Gasteiger partial charge in [0.15, 0.2) is 6.61 Å². The van der Waals surface area contributed by atoms with E-state index in [2.05, 4.69) is 5.32 Å². The second kappa shape index (κ2) is 8.97. The number of hydrogen-bond acceptors (Lipinski definition) is 3. The summed E-state index contributed by atoms with van der Waals surface area (Å²) in [6, 6.07) is 15.2. The summed E-state index contributed by atoms with van der Waals surface area (Å²) in [7, 11) is 0. The van der Waals surface area contributed by atoms with Crippen LogP contribution < -0.4 is 5.32 Å². The zero-order valence-electron chi connectivity index (χ0n) is 14.4. The summed E-state index contributed by atoms with van der Waals surface area (Å²) in [6.07, 6.45) is 0.802. The highest BCUT2D eigenvalue weighted by Crippen LogP contribution is 2.28. The van der Waals surface area contributed by atoms with Gasteiger partial charge >= 0.3 is 5.97 Å². The number of esters is 1. The van der Waals surface area contributed by atoms with Crippen LogP contribution in [0.4, 0.5) is 10.1 Å². The van der Waals surface area contributed by atoms with Crippen molar-refractivity contribution in [3.63, 3.8) is 0 Å². The normalized spacial score (nSPS) is 12.9. The van der Waals surface area contributed by atoms with Crippen molar-refractivity contribution in [3.05, 3.63) is 66.0 Å². The van der Waals surface area contributed by atoms with Crippen molar-refractivity contribution >= 4 is 17.6 Å². The Kier molecular flexibility index (Phi) is 6.69. The maximum atomic E-state index is 13.5. The summed E-state index contributed by atoms with van der Waals surface area (Å²) in [6.45, 7) is 3.52. The summed E-state index contributed by atoms with van der Waals surface area (Å²) in [5, 5.41) is 2.40. The Hall–Kier alpha value is -2.69. The average Bonchev–Trinajstić information content (AvgIpc) is 2.63. The van der Waals surface area contributed by atoms with Crippen LogP contribution in [0, 0.1) is 11.7 Å². The molecule has 0 aliphatic rings. The first-order chi connectivity index (χ1) is 12.0. The van der Waals surface area contributed by atoms with Gasteiger partial charge in [0.2, 0.25) is 0 Å². The molecule has 0 spiro atoms. The van der Waals surface area contributed by atoms with Crippen LogP contribution in [0.15, 0.2) is 54.6 Å². The first kappa shape index (κ1) is 18.6. The van der Waals surface area contributed by atoms with Gasteiger partial charge in [0.05, 0.1) is 11.6 Å². The second-order valence-electron chi connectivity index (χ2n) is 5.91. The molecule has 1 N–H and O–H groups in total. The van der Waals surface area contributed by atoms with Gasteiger partial charge in [0.1, 0.15) is 5.82 Å². The van der Waals surface area contributed by atoms with E-state index in [-0.39, 0.29) is 11.6 Å². The van der Waals surface area contributed by atoms with Gasteiger partial charge in [-0.1, -0.05) is 62.7 Å². The number of ether oxygens (including phenoxy) is 1. The number of nitrogens with one attached hydrogen (secondary N) is 1. The van der Waals surface area contributed by atoms with Crippen molar-refractivity contribution in [2.45, 2.75) is 26.2 Å². The quantitative estimate of drug-likeness (QED) is 0.769. The Balaban J connectivity index is 1.99. The van der Waals surface area contributed by atoms with E-state index in [1.165, 1.54) is 18.2 Å². The number of benzene rings is 2. The molecule has 0 unspecified atom stereocenters. The molecule has 1 amide bonds. The number of halogens is 1. The van der Waals surface area contributed by atoms with Crippen LogP contribution >= 0.6 is 0 Å². The molecule has 4 nitrogen and oxygen atoms in total. The molecule has 2 aromatic carbocycles. The van der Waals surface area contributed by atoms with Crippen molar-refractivity contribution in [2.24, 2.45) is 5.92 Å². The SMILES string of the molecule is CC[C@H](C)[C@H](C(=O)OCC(=O)Nc1ccccc1F)c1ccccc1. The van der Waals surface area contributed by atoms with Crippen molar-refractivity contribution in [1.82, 2.24) is 0 Å². The fourth-order valence-corrected chi connectivity index (χ4v) is 2.57.